The summed E-state index contributed by atoms with van der Waals surface area (Å²) < 4.78 is 0. The Kier molecular flexibility index (Phi) is 2.36. The Bertz CT molecular complexity index is 344. The van der Waals surface area contributed by atoms with E-state index in [0.29, 0.717) is 0 Å². The molecule has 2 heteroatoms. The molecule has 1 heterocycles. The number of hydrogen-bond donors (Lipinski definition) is 1. The smallest absolute Gasteiger partial charge is 0.0427 e. The molecule has 0 radical (unpaired) electrons. The first kappa shape index (κ1) is 9.38. The lowest BCUT2D eigenvalue weighted by Gasteiger charge is -2.22. The van der Waals surface area contributed by atoms with Gasteiger partial charge in [0.05, 0.1) is 0 Å². The first-order valence-electron chi connectivity index (χ1n) is 5.28. The monoisotopic (exact) mass is 190 g/mol. The Balaban J connectivity index is 2.53. The average molecular weight is 190 g/mol. The van der Waals surface area contributed by atoms with Gasteiger partial charge in [-0.25, -0.2) is 0 Å². The summed E-state index contributed by atoms with van der Waals surface area (Å²) in [5.41, 5.74) is 10.9. The van der Waals surface area contributed by atoms with Crippen molar-refractivity contribution < 1.29 is 0 Å². The second kappa shape index (κ2) is 3.52. The first-order valence-corrected chi connectivity index (χ1v) is 5.28. The van der Waals surface area contributed by atoms with Crippen LogP contribution in [-0.2, 0) is 6.42 Å². The Labute approximate surface area is 85.7 Å². The van der Waals surface area contributed by atoms with E-state index in [0.717, 1.165) is 12.2 Å². The Morgan fingerprint density at radius 1 is 1.29 bits per heavy atom. The van der Waals surface area contributed by atoms with Crippen molar-refractivity contribution in [1.29, 1.82) is 0 Å². The molecule has 1 aliphatic rings. The molecule has 0 aliphatic carbocycles. The number of hydrogen-bond acceptors (Lipinski definition) is 2. The number of benzene rings is 1. The molecule has 0 atom stereocenters. The van der Waals surface area contributed by atoms with Crippen LogP contribution in [0, 0.1) is 6.92 Å². The number of aryl methyl sites for hydroxylation is 2. The highest BCUT2D eigenvalue weighted by atomic mass is 15.1. The van der Waals surface area contributed by atoms with Crippen LogP contribution in [0.4, 0.5) is 11.4 Å². The van der Waals surface area contributed by atoms with Gasteiger partial charge in [0.25, 0.3) is 0 Å². The van der Waals surface area contributed by atoms with E-state index in [9.17, 15) is 0 Å². The second-order valence-corrected chi connectivity index (χ2v) is 4.22. The number of rotatable bonds is 0. The summed E-state index contributed by atoms with van der Waals surface area (Å²) in [7, 11) is 2.17. The van der Waals surface area contributed by atoms with Crippen molar-refractivity contribution in [2.45, 2.75) is 26.2 Å². The molecular weight excluding hydrogens is 172 g/mol. The average Bonchev–Trinajstić information content (AvgIpc) is 2.27. The maximum absolute atomic E-state index is 5.86. The van der Waals surface area contributed by atoms with Gasteiger partial charge in [0, 0.05) is 25.0 Å². The first-order chi connectivity index (χ1) is 6.68. The molecule has 76 valence electrons. The van der Waals surface area contributed by atoms with E-state index in [2.05, 4.69) is 31.0 Å². The fraction of sp³-hybridized carbons (Fsp3) is 0.500. The predicted molar refractivity (Wildman–Crippen MR) is 61.8 cm³/mol. The fourth-order valence-electron chi connectivity index (χ4n) is 2.40. The van der Waals surface area contributed by atoms with Gasteiger partial charge in [0.2, 0.25) is 0 Å². The second-order valence-electron chi connectivity index (χ2n) is 4.22. The van der Waals surface area contributed by atoms with Crippen LogP contribution >= 0.6 is 0 Å². The lowest BCUT2D eigenvalue weighted by Crippen LogP contribution is -2.18. The minimum Gasteiger partial charge on any atom is -0.399 e. The zero-order chi connectivity index (χ0) is 10.1. The van der Waals surface area contributed by atoms with E-state index < -0.39 is 0 Å². The summed E-state index contributed by atoms with van der Waals surface area (Å²) in [6.45, 7) is 3.31. The van der Waals surface area contributed by atoms with Gasteiger partial charge in [-0.2, -0.15) is 0 Å². The minimum absolute atomic E-state index is 0.900. The van der Waals surface area contributed by atoms with Crippen LogP contribution in [0.2, 0.25) is 0 Å². The lowest BCUT2D eigenvalue weighted by atomic mass is 10.0. The number of fused-ring (bicyclic) bond motifs is 1. The van der Waals surface area contributed by atoms with Gasteiger partial charge in [0.15, 0.2) is 0 Å². The van der Waals surface area contributed by atoms with Gasteiger partial charge in [-0.15, -0.1) is 0 Å². The van der Waals surface area contributed by atoms with E-state index >= 15 is 0 Å². The number of anilines is 2. The van der Waals surface area contributed by atoms with Crippen LogP contribution in [0.5, 0.6) is 0 Å². The summed E-state index contributed by atoms with van der Waals surface area (Å²) in [6, 6.07) is 4.20. The molecule has 2 N–H and O–H groups in total. The molecule has 0 amide bonds. The normalized spacial score (nSPS) is 16.3. The Morgan fingerprint density at radius 3 is 2.86 bits per heavy atom. The third-order valence-electron chi connectivity index (χ3n) is 2.97. The van der Waals surface area contributed by atoms with Crippen molar-refractivity contribution in [3.05, 3.63) is 23.3 Å². The highest BCUT2D eigenvalue weighted by Gasteiger charge is 2.14. The van der Waals surface area contributed by atoms with Crippen LogP contribution in [-0.4, -0.2) is 13.6 Å². The van der Waals surface area contributed by atoms with Gasteiger partial charge in [-0.1, -0.05) is 0 Å². The molecule has 0 spiro atoms. The summed E-state index contributed by atoms with van der Waals surface area (Å²) in [4.78, 5) is 2.36. The highest BCUT2D eigenvalue weighted by Crippen LogP contribution is 2.30. The quantitative estimate of drug-likeness (QED) is 0.636. The lowest BCUT2D eigenvalue weighted by molar-refractivity contribution is 0.749. The van der Waals surface area contributed by atoms with E-state index in [-0.39, 0.29) is 0 Å². The molecule has 1 aliphatic heterocycles. The molecule has 0 saturated carbocycles. The summed E-state index contributed by atoms with van der Waals surface area (Å²) >= 11 is 0. The minimum atomic E-state index is 0.900. The topological polar surface area (TPSA) is 29.3 Å². The summed E-state index contributed by atoms with van der Waals surface area (Å²) in [5.74, 6) is 0. The zero-order valence-corrected chi connectivity index (χ0v) is 9.01. The van der Waals surface area contributed by atoms with Crippen molar-refractivity contribution in [2.24, 2.45) is 0 Å². The van der Waals surface area contributed by atoms with Crippen LogP contribution in [0.25, 0.3) is 0 Å². The zero-order valence-electron chi connectivity index (χ0n) is 9.01. The van der Waals surface area contributed by atoms with Gasteiger partial charge in [-0.3, -0.25) is 0 Å². The van der Waals surface area contributed by atoms with Crippen molar-refractivity contribution in [1.82, 2.24) is 0 Å². The van der Waals surface area contributed by atoms with Crippen molar-refractivity contribution >= 4 is 11.4 Å². The van der Waals surface area contributed by atoms with Crippen LogP contribution < -0.4 is 10.6 Å². The molecule has 2 nitrogen and oxygen atoms in total. The largest absolute Gasteiger partial charge is 0.399 e. The van der Waals surface area contributed by atoms with Crippen LogP contribution in [0.3, 0.4) is 0 Å². The molecule has 1 aromatic carbocycles. The van der Waals surface area contributed by atoms with Gasteiger partial charge >= 0.3 is 0 Å². The van der Waals surface area contributed by atoms with E-state index in [1.807, 2.05) is 0 Å². The predicted octanol–water partition coefficient (Wildman–Crippen LogP) is 2.35. The maximum atomic E-state index is 5.86. The van der Waals surface area contributed by atoms with Crippen molar-refractivity contribution in [3.63, 3.8) is 0 Å². The van der Waals surface area contributed by atoms with Crippen LogP contribution in [0.1, 0.15) is 24.0 Å². The highest BCUT2D eigenvalue weighted by molar-refractivity contribution is 5.65. The van der Waals surface area contributed by atoms with E-state index in [1.54, 1.807) is 0 Å². The summed E-state index contributed by atoms with van der Waals surface area (Å²) in [6.07, 6.45) is 3.73. The third kappa shape index (κ3) is 1.57. The fourth-order valence-corrected chi connectivity index (χ4v) is 2.40. The van der Waals surface area contributed by atoms with Gasteiger partial charge in [0.1, 0.15) is 0 Å². The molecule has 0 unspecified atom stereocenters. The van der Waals surface area contributed by atoms with Crippen molar-refractivity contribution in [2.75, 3.05) is 24.2 Å². The Morgan fingerprint density at radius 2 is 2.07 bits per heavy atom. The molecule has 0 aromatic heterocycles. The van der Waals surface area contributed by atoms with Crippen molar-refractivity contribution in [3.8, 4) is 0 Å². The number of nitrogens with zero attached hydrogens (tertiary/aromatic N) is 1. The van der Waals surface area contributed by atoms with E-state index in [1.165, 1.54) is 36.1 Å². The standard InChI is InChI=1S/C12H18N2/c1-9-7-11(13)8-10-5-3-4-6-14(2)12(9)10/h7-8H,3-6,13H2,1-2H3. The van der Waals surface area contributed by atoms with Gasteiger partial charge in [-0.05, 0) is 49.4 Å². The molecule has 14 heavy (non-hydrogen) atoms. The molecule has 0 saturated heterocycles. The number of nitrogens with two attached hydrogens (primary N) is 1. The molecule has 1 aromatic rings. The number of nitrogen functional groups attached to an aromatic ring is 1. The molecular formula is C12H18N2. The molecule has 0 bridgehead atoms. The maximum Gasteiger partial charge on any atom is 0.0427 e. The Hall–Kier alpha value is -1.18. The van der Waals surface area contributed by atoms with Crippen LogP contribution in [0.15, 0.2) is 12.1 Å². The SMILES string of the molecule is Cc1cc(N)cc2c1N(C)CCCC2. The summed E-state index contributed by atoms with van der Waals surface area (Å²) in [5, 5.41) is 0. The third-order valence-corrected chi connectivity index (χ3v) is 2.97. The van der Waals surface area contributed by atoms with E-state index in [4.69, 9.17) is 5.73 Å². The van der Waals surface area contributed by atoms with Gasteiger partial charge < -0.3 is 10.6 Å². The molecule has 2 rings (SSSR count). The molecule has 0 fully saturated rings.